The molecule has 0 unspecified atom stereocenters. The highest BCUT2D eigenvalue weighted by atomic mass is 32.1. The number of hydrogen-bond acceptors (Lipinski definition) is 6. The average Bonchev–Trinajstić information content (AvgIpc) is 3.16. The molecule has 3 aromatic rings. The second-order valence-electron chi connectivity index (χ2n) is 6.04. The summed E-state index contributed by atoms with van der Waals surface area (Å²) in [6, 6.07) is 4.66. The molecule has 1 aromatic carbocycles. The maximum Gasteiger partial charge on any atom is 0.265 e. The van der Waals surface area contributed by atoms with E-state index in [-0.39, 0.29) is 11.7 Å². The number of carbonyl (C=O) groups excluding carboxylic acids is 1. The number of fused-ring (bicyclic) bond motifs is 1. The molecule has 1 aliphatic rings. The van der Waals surface area contributed by atoms with Crippen LogP contribution in [-0.4, -0.2) is 47.0 Å². The highest BCUT2D eigenvalue weighted by Crippen LogP contribution is 2.30. The van der Waals surface area contributed by atoms with Gasteiger partial charge in [0.05, 0.1) is 20.9 Å². The molecule has 0 radical (unpaired) electrons. The summed E-state index contributed by atoms with van der Waals surface area (Å²) in [5.74, 6) is -0.178. The molecule has 1 aliphatic heterocycles. The summed E-state index contributed by atoms with van der Waals surface area (Å²) in [4.78, 5) is 26.4. The summed E-state index contributed by atoms with van der Waals surface area (Å²) in [5.41, 5.74) is 1.62. The molecule has 130 valence electrons. The first kappa shape index (κ1) is 16.4. The Morgan fingerprint density at radius 3 is 2.56 bits per heavy atom. The Hall–Kier alpha value is -2.06. The lowest BCUT2D eigenvalue weighted by Gasteiger charge is -2.34. The van der Waals surface area contributed by atoms with Gasteiger partial charge in [0.25, 0.3) is 5.91 Å². The average molecular weight is 376 g/mol. The van der Waals surface area contributed by atoms with E-state index in [0.29, 0.717) is 13.1 Å². The van der Waals surface area contributed by atoms with Crippen molar-refractivity contribution in [3.8, 4) is 0 Å². The number of benzene rings is 1. The van der Waals surface area contributed by atoms with Gasteiger partial charge in [-0.05, 0) is 32.0 Å². The van der Waals surface area contributed by atoms with E-state index in [1.165, 1.54) is 34.8 Å². The number of amides is 1. The molecule has 0 spiro atoms. The van der Waals surface area contributed by atoms with E-state index in [2.05, 4.69) is 14.9 Å². The van der Waals surface area contributed by atoms with Gasteiger partial charge in [-0.15, -0.1) is 11.3 Å². The Balaban J connectivity index is 1.47. The van der Waals surface area contributed by atoms with Gasteiger partial charge < -0.3 is 9.80 Å². The molecular weight excluding hydrogens is 359 g/mol. The van der Waals surface area contributed by atoms with E-state index in [1.807, 2.05) is 18.7 Å². The highest BCUT2D eigenvalue weighted by molar-refractivity contribution is 7.22. The Morgan fingerprint density at radius 2 is 1.88 bits per heavy atom. The van der Waals surface area contributed by atoms with Crippen LogP contribution in [-0.2, 0) is 0 Å². The van der Waals surface area contributed by atoms with Crippen LogP contribution in [0.25, 0.3) is 10.2 Å². The lowest BCUT2D eigenvalue weighted by Crippen LogP contribution is -2.48. The van der Waals surface area contributed by atoms with E-state index in [4.69, 9.17) is 0 Å². The standard InChI is InChI=1S/C17H17FN4OS2/c1-10-15(24-11(2)19-10)16(23)21-5-7-22(8-6-21)17-20-13-4-3-12(18)9-14(13)25-17/h3-4,9H,5-8H2,1-2H3. The van der Waals surface area contributed by atoms with E-state index >= 15 is 0 Å². The normalized spacial score (nSPS) is 15.2. The number of piperazine rings is 1. The van der Waals surface area contributed by atoms with Gasteiger partial charge in [-0.3, -0.25) is 4.79 Å². The van der Waals surface area contributed by atoms with Crippen molar-refractivity contribution in [1.82, 2.24) is 14.9 Å². The fourth-order valence-electron chi connectivity index (χ4n) is 3.00. The van der Waals surface area contributed by atoms with Gasteiger partial charge >= 0.3 is 0 Å². The van der Waals surface area contributed by atoms with E-state index in [9.17, 15) is 9.18 Å². The summed E-state index contributed by atoms with van der Waals surface area (Å²) >= 11 is 2.95. The molecule has 3 heterocycles. The minimum Gasteiger partial charge on any atom is -0.345 e. The van der Waals surface area contributed by atoms with Crippen LogP contribution in [0.15, 0.2) is 18.2 Å². The van der Waals surface area contributed by atoms with Crippen molar-refractivity contribution in [2.75, 3.05) is 31.1 Å². The fourth-order valence-corrected chi connectivity index (χ4v) is 4.93. The summed E-state index contributed by atoms with van der Waals surface area (Å²) < 4.78 is 14.2. The molecule has 5 nitrogen and oxygen atoms in total. The van der Waals surface area contributed by atoms with Crippen LogP contribution in [0.2, 0.25) is 0 Å². The van der Waals surface area contributed by atoms with E-state index in [1.54, 1.807) is 6.07 Å². The number of hydrogen-bond donors (Lipinski definition) is 0. The molecule has 0 aliphatic carbocycles. The molecule has 4 rings (SSSR count). The lowest BCUT2D eigenvalue weighted by atomic mass is 10.3. The molecule has 0 saturated carbocycles. The molecule has 1 saturated heterocycles. The van der Waals surface area contributed by atoms with Crippen LogP contribution in [0.3, 0.4) is 0 Å². The number of anilines is 1. The SMILES string of the molecule is Cc1nc(C)c(C(=O)N2CCN(c3nc4ccc(F)cc4s3)CC2)s1. The first-order valence-electron chi connectivity index (χ1n) is 8.05. The topological polar surface area (TPSA) is 49.3 Å². The number of halogens is 1. The molecule has 2 aromatic heterocycles. The molecule has 1 amide bonds. The van der Waals surface area contributed by atoms with Gasteiger partial charge in [-0.25, -0.2) is 14.4 Å². The molecule has 1 fully saturated rings. The Morgan fingerprint density at radius 1 is 1.12 bits per heavy atom. The number of thiazole rings is 2. The largest absolute Gasteiger partial charge is 0.345 e. The van der Waals surface area contributed by atoms with Gasteiger partial charge in [0, 0.05) is 26.2 Å². The van der Waals surface area contributed by atoms with Crippen LogP contribution in [0.4, 0.5) is 9.52 Å². The minimum absolute atomic E-state index is 0.0640. The zero-order valence-corrected chi connectivity index (χ0v) is 15.6. The third kappa shape index (κ3) is 3.11. The van der Waals surface area contributed by atoms with Crippen molar-refractivity contribution in [2.45, 2.75) is 13.8 Å². The van der Waals surface area contributed by atoms with Gasteiger partial charge in [0.1, 0.15) is 10.7 Å². The fraction of sp³-hybridized carbons (Fsp3) is 0.353. The predicted molar refractivity (Wildman–Crippen MR) is 99.3 cm³/mol. The summed E-state index contributed by atoms with van der Waals surface area (Å²) in [5, 5.41) is 1.80. The second kappa shape index (κ2) is 6.34. The van der Waals surface area contributed by atoms with Gasteiger partial charge in [0.2, 0.25) is 0 Å². The lowest BCUT2D eigenvalue weighted by molar-refractivity contribution is 0.0750. The number of rotatable bonds is 2. The van der Waals surface area contributed by atoms with Crippen molar-refractivity contribution in [3.63, 3.8) is 0 Å². The van der Waals surface area contributed by atoms with Crippen molar-refractivity contribution in [2.24, 2.45) is 0 Å². The smallest absolute Gasteiger partial charge is 0.265 e. The van der Waals surface area contributed by atoms with Crippen molar-refractivity contribution in [1.29, 1.82) is 0 Å². The number of aromatic nitrogens is 2. The molecule has 25 heavy (non-hydrogen) atoms. The number of carbonyl (C=O) groups is 1. The van der Waals surface area contributed by atoms with E-state index < -0.39 is 0 Å². The number of nitrogens with zero attached hydrogens (tertiary/aromatic N) is 4. The van der Waals surface area contributed by atoms with Crippen LogP contribution in [0.1, 0.15) is 20.4 Å². The first-order valence-corrected chi connectivity index (χ1v) is 9.69. The number of aryl methyl sites for hydroxylation is 2. The van der Waals surface area contributed by atoms with Crippen LogP contribution in [0, 0.1) is 19.7 Å². The zero-order chi connectivity index (χ0) is 17.6. The van der Waals surface area contributed by atoms with Crippen molar-refractivity contribution >= 4 is 43.9 Å². The maximum atomic E-state index is 13.3. The Labute approximate surface area is 152 Å². The minimum atomic E-state index is -0.242. The van der Waals surface area contributed by atoms with Crippen molar-refractivity contribution < 1.29 is 9.18 Å². The third-order valence-electron chi connectivity index (χ3n) is 4.27. The van der Waals surface area contributed by atoms with Crippen LogP contribution >= 0.6 is 22.7 Å². The molecule has 8 heteroatoms. The quantitative estimate of drug-likeness (QED) is 0.687. The van der Waals surface area contributed by atoms with Crippen molar-refractivity contribution in [3.05, 3.63) is 39.6 Å². The second-order valence-corrected chi connectivity index (χ2v) is 8.25. The monoisotopic (exact) mass is 376 g/mol. The molecular formula is C17H17FN4OS2. The maximum absolute atomic E-state index is 13.3. The predicted octanol–water partition coefficient (Wildman–Crippen LogP) is 3.47. The first-order chi connectivity index (χ1) is 12.0. The van der Waals surface area contributed by atoms with Crippen LogP contribution in [0.5, 0.6) is 0 Å². The molecule has 0 N–H and O–H groups in total. The highest BCUT2D eigenvalue weighted by Gasteiger charge is 2.26. The van der Waals surface area contributed by atoms with Gasteiger partial charge in [-0.1, -0.05) is 11.3 Å². The van der Waals surface area contributed by atoms with Gasteiger partial charge in [-0.2, -0.15) is 0 Å². The molecule has 0 bridgehead atoms. The summed E-state index contributed by atoms with van der Waals surface area (Å²) in [6.45, 7) is 6.56. The van der Waals surface area contributed by atoms with E-state index in [0.717, 1.165) is 44.0 Å². The summed E-state index contributed by atoms with van der Waals surface area (Å²) in [6.07, 6.45) is 0. The summed E-state index contributed by atoms with van der Waals surface area (Å²) in [7, 11) is 0. The third-order valence-corrected chi connectivity index (χ3v) is 6.41. The molecule has 0 atom stereocenters. The van der Waals surface area contributed by atoms with Crippen LogP contribution < -0.4 is 4.90 Å². The van der Waals surface area contributed by atoms with Gasteiger partial charge in [0.15, 0.2) is 5.13 Å². The zero-order valence-electron chi connectivity index (χ0n) is 14.0. The Kier molecular flexibility index (Phi) is 4.16. The Bertz CT molecular complexity index is 943.